The Hall–Kier alpha value is -2.22. The second-order valence-electron chi connectivity index (χ2n) is 8.00. The van der Waals surface area contributed by atoms with Crippen molar-refractivity contribution in [1.82, 2.24) is 19.9 Å². The lowest BCUT2D eigenvalue weighted by molar-refractivity contribution is -0.137. The standard InChI is InChI=1S/C21H26F3N5/c1-2-18-25-12-16(13-26-18)15-29-9-3-6-20(29)7-10-28(11-8-20)19-5-4-17(14-27-19)21(22,23)24/h4-5,12-14H,2-3,6-11,15H2,1H3. The predicted molar refractivity (Wildman–Crippen MR) is 104 cm³/mol. The number of pyridine rings is 1. The van der Waals surface area contributed by atoms with Crippen LogP contribution in [-0.4, -0.2) is 45.0 Å². The van der Waals surface area contributed by atoms with E-state index in [1.165, 1.54) is 12.5 Å². The Labute approximate surface area is 169 Å². The average molecular weight is 405 g/mol. The molecule has 8 heteroatoms. The minimum Gasteiger partial charge on any atom is -0.356 e. The molecule has 0 aliphatic carbocycles. The summed E-state index contributed by atoms with van der Waals surface area (Å²) < 4.78 is 38.3. The first-order chi connectivity index (χ1) is 13.9. The minimum atomic E-state index is -4.35. The first-order valence-electron chi connectivity index (χ1n) is 10.2. The van der Waals surface area contributed by atoms with Gasteiger partial charge in [-0.25, -0.2) is 15.0 Å². The largest absolute Gasteiger partial charge is 0.417 e. The van der Waals surface area contributed by atoms with E-state index in [4.69, 9.17) is 0 Å². The van der Waals surface area contributed by atoms with Gasteiger partial charge in [0.1, 0.15) is 11.6 Å². The van der Waals surface area contributed by atoms with Crippen molar-refractivity contribution in [3.63, 3.8) is 0 Å². The fourth-order valence-electron chi connectivity index (χ4n) is 4.57. The highest BCUT2D eigenvalue weighted by Crippen LogP contribution is 2.40. The van der Waals surface area contributed by atoms with Crippen molar-refractivity contribution < 1.29 is 13.2 Å². The summed E-state index contributed by atoms with van der Waals surface area (Å²) in [6.07, 6.45) is 5.59. The van der Waals surface area contributed by atoms with Gasteiger partial charge in [0.25, 0.3) is 0 Å². The van der Waals surface area contributed by atoms with Crippen LogP contribution in [0.2, 0.25) is 0 Å². The fourth-order valence-corrected chi connectivity index (χ4v) is 4.57. The van der Waals surface area contributed by atoms with Crippen molar-refractivity contribution in [2.75, 3.05) is 24.5 Å². The van der Waals surface area contributed by atoms with E-state index in [1.807, 2.05) is 19.3 Å². The summed E-state index contributed by atoms with van der Waals surface area (Å²) in [5.74, 6) is 1.49. The van der Waals surface area contributed by atoms with Gasteiger partial charge in [-0.1, -0.05) is 6.92 Å². The Morgan fingerprint density at radius 2 is 1.69 bits per heavy atom. The molecular weight excluding hydrogens is 379 g/mol. The molecule has 1 spiro atoms. The number of alkyl halides is 3. The lowest BCUT2D eigenvalue weighted by Crippen LogP contribution is -2.52. The number of nitrogens with zero attached hydrogens (tertiary/aromatic N) is 5. The highest BCUT2D eigenvalue weighted by molar-refractivity contribution is 5.40. The number of piperidine rings is 1. The number of likely N-dealkylation sites (tertiary alicyclic amines) is 1. The topological polar surface area (TPSA) is 45.2 Å². The number of hydrogen-bond acceptors (Lipinski definition) is 5. The number of aryl methyl sites for hydroxylation is 1. The van der Waals surface area contributed by atoms with Crippen LogP contribution >= 0.6 is 0 Å². The molecule has 2 aromatic heterocycles. The van der Waals surface area contributed by atoms with Gasteiger partial charge in [-0.15, -0.1) is 0 Å². The molecule has 0 N–H and O–H groups in total. The zero-order valence-electron chi connectivity index (χ0n) is 16.6. The number of rotatable bonds is 4. The Morgan fingerprint density at radius 3 is 2.28 bits per heavy atom. The predicted octanol–water partition coefficient (Wildman–Crippen LogP) is 4.09. The smallest absolute Gasteiger partial charge is 0.356 e. The van der Waals surface area contributed by atoms with Crippen molar-refractivity contribution in [2.45, 2.75) is 57.3 Å². The molecule has 0 bridgehead atoms. The first kappa shape index (κ1) is 20.1. The van der Waals surface area contributed by atoms with Crippen LogP contribution in [0.3, 0.4) is 0 Å². The van der Waals surface area contributed by atoms with Crippen molar-refractivity contribution in [3.8, 4) is 0 Å². The number of anilines is 1. The van der Waals surface area contributed by atoms with E-state index < -0.39 is 11.7 Å². The second-order valence-corrected chi connectivity index (χ2v) is 8.00. The van der Waals surface area contributed by atoms with Crippen LogP contribution in [0.4, 0.5) is 19.0 Å². The molecular formula is C21H26F3N5. The van der Waals surface area contributed by atoms with Gasteiger partial charge in [-0.2, -0.15) is 13.2 Å². The molecule has 2 fully saturated rings. The molecule has 0 amide bonds. The van der Waals surface area contributed by atoms with Gasteiger partial charge in [-0.05, 0) is 44.4 Å². The van der Waals surface area contributed by atoms with Gasteiger partial charge < -0.3 is 4.90 Å². The van der Waals surface area contributed by atoms with Crippen molar-refractivity contribution in [3.05, 3.63) is 47.7 Å². The van der Waals surface area contributed by atoms with Gasteiger partial charge in [0.15, 0.2) is 0 Å². The third kappa shape index (κ3) is 4.22. The lowest BCUT2D eigenvalue weighted by Gasteiger charge is -2.45. The summed E-state index contributed by atoms with van der Waals surface area (Å²) in [4.78, 5) is 17.5. The molecule has 2 aliphatic rings. The SMILES string of the molecule is CCc1ncc(CN2CCCC23CCN(c2ccc(C(F)(F)F)cn2)CC3)cn1. The molecule has 5 nitrogen and oxygen atoms in total. The van der Waals surface area contributed by atoms with E-state index in [-0.39, 0.29) is 5.54 Å². The van der Waals surface area contributed by atoms with Crippen molar-refractivity contribution in [1.29, 1.82) is 0 Å². The molecule has 0 radical (unpaired) electrons. The second kappa shape index (κ2) is 7.89. The van der Waals surface area contributed by atoms with Crippen LogP contribution < -0.4 is 4.90 Å². The third-order valence-corrected chi connectivity index (χ3v) is 6.28. The van der Waals surface area contributed by atoms with Crippen LogP contribution in [0.1, 0.15) is 49.6 Å². The van der Waals surface area contributed by atoms with E-state index in [1.54, 1.807) is 0 Å². The minimum absolute atomic E-state index is 0.159. The van der Waals surface area contributed by atoms with Crippen LogP contribution in [-0.2, 0) is 19.1 Å². The molecule has 2 saturated heterocycles. The summed E-state index contributed by atoms with van der Waals surface area (Å²) in [6, 6.07) is 2.61. The highest BCUT2D eigenvalue weighted by Gasteiger charge is 2.43. The number of aromatic nitrogens is 3. The van der Waals surface area contributed by atoms with E-state index in [2.05, 4.69) is 24.8 Å². The first-order valence-corrected chi connectivity index (χ1v) is 10.2. The van der Waals surface area contributed by atoms with Crippen molar-refractivity contribution >= 4 is 5.82 Å². The highest BCUT2D eigenvalue weighted by atomic mass is 19.4. The summed E-state index contributed by atoms with van der Waals surface area (Å²) in [5, 5.41) is 0. The van der Waals surface area contributed by atoms with Gasteiger partial charge in [-0.3, -0.25) is 4.90 Å². The summed E-state index contributed by atoms with van der Waals surface area (Å²) in [6.45, 7) is 5.57. The fraction of sp³-hybridized carbons (Fsp3) is 0.571. The van der Waals surface area contributed by atoms with Crippen molar-refractivity contribution in [2.24, 2.45) is 0 Å². The zero-order valence-corrected chi connectivity index (χ0v) is 16.6. The Kier molecular flexibility index (Phi) is 5.46. The van der Waals surface area contributed by atoms with Crippen LogP contribution in [0, 0.1) is 0 Å². The molecule has 4 rings (SSSR count). The molecule has 2 aromatic rings. The number of hydrogen-bond donors (Lipinski definition) is 0. The summed E-state index contributed by atoms with van der Waals surface area (Å²) >= 11 is 0. The summed E-state index contributed by atoms with van der Waals surface area (Å²) in [5.41, 5.74) is 0.592. The summed E-state index contributed by atoms with van der Waals surface area (Å²) in [7, 11) is 0. The molecule has 2 aliphatic heterocycles. The van der Waals surface area contributed by atoms with Crippen LogP contribution in [0.25, 0.3) is 0 Å². The normalized spacial score (nSPS) is 19.8. The van der Waals surface area contributed by atoms with Gasteiger partial charge in [0, 0.05) is 55.7 Å². The molecule has 4 heterocycles. The molecule has 0 atom stereocenters. The van der Waals surface area contributed by atoms with Gasteiger partial charge in [0.05, 0.1) is 5.56 Å². The molecule has 0 saturated carbocycles. The maximum atomic E-state index is 12.8. The van der Waals surface area contributed by atoms with E-state index in [9.17, 15) is 13.2 Å². The quantitative estimate of drug-likeness (QED) is 0.767. The van der Waals surface area contributed by atoms with Crippen LogP contribution in [0.5, 0.6) is 0 Å². The molecule has 156 valence electrons. The monoisotopic (exact) mass is 405 g/mol. The van der Waals surface area contributed by atoms with Gasteiger partial charge in [0.2, 0.25) is 0 Å². The molecule has 0 aromatic carbocycles. The van der Waals surface area contributed by atoms with Gasteiger partial charge >= 0.3 is 6.18 Å². The lowest BCUT2D eigenvalue weighted by atomic mass is 9.84. The molecule has 29 heavy (non-hydrogen) atoms. The van der Waals surface area contributed by atoms with Crippen LogP contribution in [0.15, 0.2) is 30.7 Å². The third-order valence-electron chi connectivity index (χ3n) is 6.28. The van der Waals surface area contributed by atoms with E-state index in [0.29, 0.717) is 5.82 Å². The Morgan fingerprint density at radius 1 is 0.966 bits per heavy atom. The molecule has 0 unspecified atom stereocenters. The average Bonchev–Trinajstić information content (AvgIpc) is 3.10. The maximum Gasteiger partial charge on any atom is 0.417 e. The zero-order chi connectivity index (χ0) is 20.5. The maximum absolute atomic E-state index is 12.8. The Balaban J connectivity index is 1.40. The van der Waals surface area contributed by atoms with E-state index >= 15 is 0 Å². The number of halogens is 3. The Bertz CT molecular complexity index is 812. The van der Waals surface area contributed by atoms with E-state index in [0.717, 1.165) is 75.5 Å².